The number of aromatic nitrogens is 1. The lowest BCUT2D eigenvalue weighted by molar-refractivity contribution is 0.673. The molecule has 12 rings (SSSR count). The number of anilines is 3. The number of thiophene rings is 1. The average molecular weight is 681 g/mol. The molecule has 0 fully saturated rings. The number of rotatable bonds is 4. The van der Waals surface area contributed by atoms with Crippen molar-refractivity contribution in [1.29, 1.82) is 0 Å². The van der Waals surface area contributed by atoms with E-state index >= 15 is 0 Å². The second-order valence-corrected chi connectivity index (χ2v) is 14.8. The molecule has 52 heavy (non-hydrogen) atoms. The quantitative estimate of drug-likeness (QED) is 0.184. The molecule has 0 aliphatic rings. The van der Waals surface area contributed by atoms with Gasteiger partial charge in [0, 0.05) is 58.8 Å². The maximum atomic E-state index is 6.70. The van der Waals surface area contributed by atoms with Crippen molar-refractivity contribution in [2.24, 2.45) is 0 Å². The Morgan fingerprint density at radius 2 is 1.13 bits per heavy atom. The summed E-state index contributed by atoms with van der Waals surface area (Å²) in [6.45, 7) is 0. The lowest BCUT2D eigenvalue weighted by atomic mass is 10.0. The van der Waals surface area contributed by atoms with Crippen LogP contribution in [-0.2, 0) is 0 Å². The summed E-state index contributed by atoms with van der Waals surface area (Å²) in [5, 5.41) is 9.97. The minimum atomic E-state index is 0.904. The van der Waals surface area contributed by atoms with Crippen LogP contribution in [0.25, 0.3) is 91.3 Å². The molecule has 12 aromatic rings. The van der Waals surface area contributed by atoms with E-state index in [9.17, 15) is 0 Å². The fourth-order valence-corrected chi connectivity index (χ4v) is 9.68. The molecule has 4 heterocycles. The Labute approximate surface area is 302 Å². The van der Waals surface area contributed by atoms with E-state index in [1.165, 1.54) is 52.8 Å². The summed E-state index contributed by atoms with van der Waals surface area (Å²) in [4.78, 5) is 2.35. The average Bonchev–Trinajstić information content (AvgIpc) is 3.94. The highest BCUT2D eigenvalue weighted by atomic mass is 32.1. The van der Waals surface area contributed by atoms with E-state index in [2.05, 4.69) is 179 Å². The molecule has 3 nitrogen and oxygen atoms in total. The third kappa shape index (κ3) is 3.84. The van der Waals surface area contributed by atoms with Crippen molar-refractivity contribution < 1.29 is 4.42 Å². The van der Waals surface area contributed by atoms with Gasteiger partial charge in [0.15, 0.2) is 5.58 Å². The van der Waals surface area contributed by atoms with Crippen molar-refractivity contribution in [2.75, 3.05) is 4.90 Å². The fourth-order valence-electron chi connectivity index (χ4n) is 8.60. The van der Waals surface area contributed by atoms with Crippen LogP contribution in [0.4, 0.5) is 17.1 Å². The van der Waals surface area contributed by atoms with Crippen LogP contribution >= 0.6 is 11.3 Å². The summed E-state index contributed by atoms with van der Waals surface area (Å²) in [6.07, 6.45) is 0. The van der Waals surface area contributed by atoms with Gasteiger partial charge >= 0.3 is 0 Å². The zero-order chi connectivity index (χ0) is 33.9. The van der Waals surface area contributed by atoms with Crippen molar-refractivity contribution in [3.8, 4) is 11.1 Å². The summed E-state index contributed by atoms with van der Waals surface area (Å²) in [6, 6.07) is 61.6. The molecule has 0 atom stereocenters. The molecular formula is C48H28N2OS. The first-order chi connectivity index (χ1) is 25.8. The number of hydrogen-bond acceptors (Lipinski definition) is 3. The molecule has 4 heteroatoms. The van der Waals surface area contributed by atoms with Crippen LogP contribution < -0.4 is 4.90 Å². The molecule has 0 spiro atoms. The largest absolute Gasteiger partial charge is 0.454 e. The number of furan rings is 1. The van der Waals surface area contributed by atoms with E-state index in [4.69, 9.17) is 4.42 Å². The fraction of sp³-hybridized carbons (Fsp3) is 0. The molecule has 0 saturated heterocycles. The first-order valence-corrected chi connectivity index (χ1v) is 18.5. The zero-order valence-corrected chi connectivity index (χ0v) is 28.7. The number of fused-ring (bicyclic) bond motifs is 13. The summed E-state index contributed by atoms with van der Waals surface area (Å²) in [7, 11) is 0. The smallest absolute Gasteiger partial charge is 0.161 e. The Bertz CT molecular complexity index is 3350. The lowest BCUT2D eigenvalue weighted by Crippen LogP contribution is -2.09. The van der Waals surface area contributed by atoms with Crippen molar-refractivity contribution >= 4 is 109 Å². The number of para-hydroxylation sites is 2. The minimum absolute atomic E-state index is 0.904. The number of hydrogen-bond donors (Lipinski definition) is 0. The van der Waals surface area contributed by atoms with Crippen LogP contribution in [0, 0.1) is 0 Å². The van der Waals surface area contributed by atoms with E-state index in [0.29, 0.717) is 0 Å². The van der Waals surface area contributed by atoms with E-state index in [0.717, 1.165) is 55.6 Å². The predicted molar refractivity (Wildman–Crippen MR) is 221 cm³/mol. The maximum Gasteiger partial charge on any atom is 0.161 e. The van der Waals surface area contributed by atoms with Gasteiger partial charge in [-0.1, -0.05) is 97.1 Å². The van der Waals surface area contributed by atoms with Gasteiger partial charge in [0.1, 0.15) is 11.1 Å². The molecule has 0 amide bonds. The maximum absolute atomic E-state index is 6.70. The van der Waals surface area contributed by atoms with Gasteiger partial charge in [-0.3, -0.25) is 0 Å². The summed E-state index contributed by atoms with van der Waals surface area (Å²) < 4.78 is 11.8. The first kappa shape index (κ1) is 28.1. The van der Waals surface area contributed by atoms with Crippen molar-refractivity contribution in [1.82, 2.24) is 4.40 Å². The molecule has 8 aromatic carbocycles. The summed E-state index contributed by atoms with van der Waals surface area (Å²) >= 11 is 1.85. The van der Waals surface area contributed by atoms with Crippen molar-refractivity contribution in [2.45, 2.75) is 0 Å². The van der Waals surface area contributed by atoms with Gasteiger partial charge in [-0.2, -0.15) is 0 Å². The predicted octanol–water partition coefficient (Wildman–Crippen LogP) is 14.2. The van der Waals surface area contributed by atoms with Gasteiger partial charge in [-0.15, -0.1) is 11.3 Å². The molecule has 0 unspecified atom stereocenters. The van der Waals surface area contributed by atoms with Crippen LogP contribution in [-0.4, -0.2) is 4.40 Å². The Morgan fingerprint density at radius 1 is 0.442 bits per heavy atom. The summed E-state index contributed by atoms with van der Waals surface area (Å²) in [5.74, 6) is 0. The molecule has 0 bridgehead atoms. The third-order valence-electron chi connectivity index (χ3n) is 10.9. The van der Waals surface area contributed by atoms with Crippen LogP contribution in [0.3, 0.4) is 0 Å². The monoisotopic (exact) mass is 680 g/mol. The van der Waals surface area contributed by atoms with Gasteiger partial charge in [0.25, 0.3) is 0 Å². The van der Waals surface area contributed by atoms with Crippen molar-refractivity contribution in [3.05, 3.63) is 170 Å². The first-order valence-electron chi connectivity index (χ1n) is 17.7. The Balaban J connectivity index is 1.02. The second-order valence-electron chi connectivity index (χ2n) is 13.7. The molecule has 0 N–H and O–H groups in total. The third-order valence-corrected chi connectivity index (χ3v) is 12.0. The number of benzene rings is 8. The van der Waals surface area contributed by atoms with Crippen LogP contribution in [0.5, 0.6) is 0 Å². The standard InChI is InChI=1S/C48H28N2OS/c1-2-11-32(12-3-1)49(34-23-25-44-38(28-34)36-14-7-9-17-43(36)52-44)33-21-18-29(19-22-33)30-20-24-42-39(26-30)47-48(51-42)40-27-31-10-4-5-13-35(31)45-37-15-6-8-16-41(37)50(47)46(40)45/h1-28H. The van der Waals surface area contributed by atoms with Gasteiger partial charge in [-0.25, -0.2) is 0 Å². The van der Waals surface area contributed by atoms with Gasteiger partial charge < -0.3 is 13.7 Å². The number of nitrogens with zero attached hydrogens (tertiary/aromatic N) is 2. The molecule has 0 radical (unpaired) electrons. The molecule has 0 aliphatic carbocycles. The SMILES string of the molecule is c1ccc(N(c2ccc(-c3ccc4oc5c6cc7ccccc7c7c8ccccc8n(c5c4c3)c67)cc2)c2ccc3sc4ccccc4c3c2)cc1. The molecule has 0 aliphatic heterocycles. The normalized spacial score (nSPS) is 12.2. The van der Waals surface area contributed by atoms with Gasteiger partial charge in [0.05, 0.1) is 11.0 Å². The Kier molecular flexibility index (Phi) is 5.65. The molecule has 242 valence electrons. The Morgan fingerprint density at radius 3 is 2.02 bits per heavy atom. The van der Waals surface area contributed by atoms with Crippen LogP contribution in [0.2, 0.25) is 0 Å². The van der Waals surface area contributed by atoms with E-state index in [1.807, 2.05) is 11.3 Å². The highest BCUT2D eigenvalue weighted by Crippen LogP contribution is 2.47. The molecular weight excluding hydrogens is 653 g/mol. The highest BCUT2D eigenvalue weighted by molar-refractivity contribution is 7.25. The van der Waals surface area contributed by atoms with E-state index < -0.39 is 0 Å². The zero-order valence-electron chi connectivity index (χ0n) is 27.9. The lowest BCUT2D eigenvalue weighted by Gasteiger charge is -2.25. The van der Waals surface area contributed by atoms with E-state index in [1.54, 1.807) is 0 Å². The Hall–Kier alpha value is -6.62. The minimum Gasteiger partial charge on any atom is -0.454 e. The summed E-state index contributed by atoms with van der Waals surface area (Å²) in [5.41, 5.74) is 11.1. The van der Waals surface area contributed by atoms with E-state index in [-0.39, 0.29) is 0 Å². The van der Waals surface area contributed by atoms with Crippen LogP contribution in [0.15, 0.2) is 174 Å². The molecule has 0 saturated carbocycles. The van der Waals surface area contributed by atoms with Gasteiger partial charge in [-0.05, 0) is 94.7 Å². The van der Waals surface area contributed by atoms with Gasteiger partial charge in [0.2, 0.25) is 0 Å². The van der Waals surface area contributed by atoms with Crippen molar-refractivity contribution in [3.63, 3.8) is 0 Å². The molecule has 4 aromatic heterocycles. The second kappa shape index (κ2) is 10.5. The topological polar surface area (TPSA) is 20.8 Å². The van der Waals surface area contributed by atoms with Crippen LogP contribution in [0.1, 0.15) is 0 Å². The highest BCUT2D eigenvalue weighted by Gasteiger charge is 2.24.